The lowest BCUT2D eigenvalue weighted by molar-refractivity contribution is -0.137. The van der Waals surface area contributed by atoms with Crippen LogP contribution in [0, 0.1) is 0 Å². The van der Waals surface area contributed by atoms with Crippen LogP contribution in [0.3, 0.4) is 0 Å². The maximum Gasteiger partial charge on any atom is 0.410 e. The summed E-state index contributed by atoms with van der Waals surface area (Å²) in [5.41, 5.74) is 6.60. The molecule has 2 heterocycles. The van der Waals surface area contributed by atoms with Crippen molar-refractivity contribution in [2.75, 3.05) is 38.2 Å². The lowest BCUT2D eigenvalue weighted by atomic mass is 10.0. The first kappa shape index (κ1) is 33.0. The van der Waals surface area contributed by atoms with Gasteiger partial charge in [-0.25, -0.2) is 4.79 Å². The summed E-state index contributed by atoms with van der Waals surface area (Å²) < 4.78 is 10.9. The van der Waals surface area contributed by atoms with Crippen LogP contribution in [0.15, 0.2) is 18.2 Å². The average molecular weight is 588 g/mol. The summed E-state index contributed by atoms with van der Waals surface area (Å²) in [6.07, 6.45) is 4.70. The molecule has 1 unspecified atom stereocenters. The molecule has 12 heteroatoms. The molecule has 3 rings (SSSR count). The Hall–Kier alpha value is -3.51. The number of rotatable bonds is 15. The van der Waals surface area contributed by atoms with Crippen LogP contribution in [0.1, 0.15) is 88.1 Å². The van der Waals surface area contributed by atoms with Crippen molar-refractivity contribution in [3.63, 3.8) is 0 Å². The van der Waals surface area contributed by atoms with Gasteiger partial charge in [0.2, 0.25) is 17.7 Å². The van der Waals surface area contributed by atoms with Gasteiger partial charge in [0, 0.05) is 55.8 Å². The lowest BCUT2D eigenvalue weighted by Crippen LogP contribution is -2.52. The number of nitrogens with one attached hydrogen (secondary N) is 2. The van der Waals surface area contributed by atoms with Gasteiger partial charge >= 0.3 is 6.09 Å². The third-order valence-corrected chi connectivity index (χ3v) is 7.11. The van der Waals surface area contributed by atoms with Gasteiger partial charge in [-0.2, -0.15) is 0 Å². The summed E-state index contributed by atoms with van der Waals surface area (Å²) in [4.78, 5) is 65.2. The molecule has 1 fully saturated rings. The second-order valence-corrected chi connectivity index (χ2v) is 11.7. The Bertz CT molecular complexity index is 1130. The number of unbranched alkanes of at least 4 members (excludes halogenated alkanes) is 4. The van der Waals surface area contributed by atoms with Crippen molar-refractivity contribution in [3.05, 3.63) is 29.3 Å². The largest absolute Gasteiger partial charge is 0.444 e. The van der Waals surface area contributed by atoms with E-state index in [4.69, 9.17) is 15.2 Å². The molecule has 2 aliphatic rings. The number of amides is 5. The number of carbonyl (C=O) groups excluding carboxylic acids is 5. The van der Waals surface area contributed by atoms with Crippen molar-refractivity contribution in [2.24, 2.45) is 5.73 Å². The summed E-state index contributed by atoms with van der Waals surface area (Å²) in [7, 11) is 0. The summed E-state index contributed by atoms with van der Waals surface area (Å²) in [5, 5.41) is 5.23. The van der Waals surface area contributed by atoms with E-state index in [0.717, 1.165) is 25.7 Å². The Kier molecular flexibility index (Phi) is 12.3. The number of anilines is 1. The van der Waals surface area contributed by atoms with Gasteiger partial charge in [-0.15, -0.1) is 0 Å². The molecule has 0 spiro atoms. The van der Waals surface area contributed by atoms with Gasteiger partial charge < -0.3 is 30.3 Å². The maximum absolute atomic E-state index is 13.0. The second-order valence-electron chi connectivity index (χ2n) is 11.7. The molecule has 42 heavy (non-hydrogen) atoms. The first-order valence-electron chi connectivity index (χ1n) is 14.8. The molecule has 12 nitrogen and oxygen atoms in total. The predicted molar refractivity (Wildman–Crippen MR) is 156 cm³/mol. The normalized spacial score (nSPS) is 16.7. The minimum Gasteiger partial charge on any atom is -0.444 e. The number of fused-ring (bicyclic) bond motifs is 1. The van der Waals surface area contributed by atoms with Crippen molar-refractivity contribution in [3.8, 4) is 0 Å². The third kappa shape index (κ3) is 9.80. The fourth-order valence-corrected chi connectivity index (χ4v) is 5.01. The van der Waals surface area contributed by atoms with Gasteiger partial charge in [0.05, 0.1) is 13.2 Å². The van der Waals surface area contributed by atoms with Crippen LogP contribution in [0.4, 0.5) is 10.5 Å². The van der Waals surface area contributed by atoms with Crippen molar-refractivity contribution >= 4 is 35.4 Å². The van der Waals surface area contributed by atoms with Crippen molar-refractivity contribution in [1.29, 1.82) is 0 Å². The molecule has 4 N–H and O–H groups in total. The molecule has 232 valence electrons. The zero-order valence-corrected chi connectivity index (χ0v) is 25.0. The molecule has 2 aliphatic heterocycles. The standard InChI is InChI=1S/C30H45N5O7/c1-30(2,3)42-29(40)34(17-19-41-18-15-31)16-8-6-4-5-7-12-25(36)32-23-11-9-10-21-22(23)20-35(28(21)39)24-13-14-26(37)33-27(24)38/h9-11,24H,4-8,12-20,31H2,1-3H3,(H,32,36)(H,33,37,38). The zero-order chi connectivity index (χ0) is 30.7. The number of hydrogen-bond donors (Lipinski definition) is 3. The fourth-order valence-electron chi connectivity index (χ4n) is 5.01. The molecule has 1 atom stereocenters. The Labute approximate surface area is 247 Å². The summed E-state index contributed by atoms with van der Waals surface area (Å²) in [6.45, 7) is 8.00. The highest BCUT2D eigenvalue weighted by Gasteiger charge is 2.40. The van der Waals surface area contributed by atoms with Gasteiger partial charge in [-0.3, -0.25) is 24.5 Å². The number of piperidine rings is 1. The molecular weight excluding hydrogens is 542 g/mol. The fraction of sp³-hybridized carbons (Fsp3) is 0.633. The van der Waals surface area contributed by atoms with E-state index in [9.17, 15) is 24.0 Å². The smallest absolute Gasteiger partial charge is 0.410 e. The van der Waals surface area contributed by atoms with Crippen molar-refractivity contribution < 1.29 is 33.4 Å². The number of ether oxygens (including phenoxy) is 2. The zero-order valence-electron chi connectivity index (χ0n) is 25.0. The molecule has 0 saturated carbocycles. The van der Waals surface area contributed by atoms with Gasteiger partial charge in [0.1, 0.15) is 11.6 Å². The van der Waals surface area contributed by atoms with Crippen molar-refractivity contribution in [1.82, 2.24) is 15.1 Å². The number of benzene rings is 1. The van der Waals surface area contributed by atoms with E-state index in [1.54, 1.807) is 23.1 Å². The van der Waals surface area contributed by atoms with Crippen molar-refractivity contribution in [2.45, 2.75) is 90.3 Å². The SMILES string of the molecule is CC(C)(C)OC(=O)N(CCCCCCCC(=O)Nc1cccc2c1CN(C1CCC(=O)NC1=O)C2=O)CCOCCN. The van der Waals surface area contributed by atoms with Gasteiger partial charge in [-0.1, -0.05) is 25.3 Å². The highest BCUT2D eigenvalue weighted by Crippen LogP contribution is 2.32. The maximum atomic E-state index is 13.0. The summed E-state index contributed by atoms with van der Waals surface area (Å²) >= 11 is 0. The van der Waals surface area contributed by atoms with Crippen LogP contribution >= 0.6 is 0 Å². The van der Waals surface area contributed by atoms with E-state index in [2.05, 4.69) is 10.6 Å². The second kappa shape index (κ2) is 15.6. The van der Waals surface area contributed by atoms with E-state index in [1.807, 2.05) is 20.8 Å². The monoisotopic (exact) mass is 587 g/mol. The molecule has 0 bridgehead atoms. The number of nitrogens with zero attached hydrogens (tertiary/aromatic N) is 2. The van der Waals surface area contributed by atoms with Crippen LogP contribution in [0.2, 0.25) is 0 Å². The molecule has 0 aliphatic carbocycles. The Morgan fingerprint density at radius 2 is 1.81 bits per heavy atom. The van der Waals surface area contributed by atoms with Gasteiger partial charge in [-0.05, 0) is 52.2 Å². The molecule has 0 radical (unpaired) electrons. The van der Waals surface area contributed by atoms with E-state index in [-0.39, 0.29) is 43.2 Å². The first-order valence-corrected chi connectivity index (χ1v) is 14.8. The number of imide groups is 1. The van der Waals surface area contributed by atoms with Gasteiger partial charge in [0.15, 0.2) is 0 Å². The number of nitrogens with two attached hydrogens (primary N) is 1. The Balaban J connectivity index is 1.39. The highest BCUT2D eigenvalue weighted by molar-refractivity contribution is 6.06. The topological polar surface area (TPSA) is 160 Å². The van der Waals surface area contributed by atoms with Crippen LogP contribution in [-0.4, -0.2) is 84.0 Å². The average Bonchev–Trinajstić information content (AvgIpc) is 3.25. The quantitative estimate of drug-likeness (QED) is 0.209. The van der Waals surface area contributed by atoms with Gasteiger partial charge in [0.25, 0.3) is 5.91 Å². The molecule has 1 aromatic rings. The first-order chi connectivity index (χ1) is 20.0. The molecule has 1 saturated heterocycles. The number of hydrogen-bond acceptors (Lipinski definition) is 8. The van der Waals surface area contributed by atoms with E-state index in [1.165, 1.54) is 4.90 Å². The summed E-state index contributed by atoms with van der Waals surface area (Å²) in [6, 6.07) is 4.46. The minimum absolute atomic E-state index is 0.135. The van der Waals surface area contributed by atoms with Crippen LogP contribution < -0.4 is 16.4 Å². The Morgan fingerprint density at radius 3 is 2.52 bits per heavy atom. The Morgan fingerprint density at radius 1 is 1.07 bits per heavy atom. The number of carbonyl (C=O) groups is 5. The highest BCUT2D eigenvalue weighted by atomic mass is 16.6. The van der Waals surface area contributed by atoms with E-state index >= 15 is 0 Å². The van der Waals surface area contributed by atoms with Crippen LogP contribution in [-0.2, 0) is 30.4 Å². The van der Waals surface area contributed by atoms with E-state index in [0.29, 0.717) is 62.5 Å². The minimum atomic E-state index is -0.702. The predicted octanol–water partition coefficient (Wildman–Crippen LogP) is 2.94. The molecule has 0 aromatic heterocycles. The lowest BCUT2D eigenvalue weighted by Gasteiger charge is -2.29. The molecule has 1 aromatic carbocycles. The van der Waals surface area contributed by atoms with Crippen LogP contribution in [0.5, 0.6) is 0 Å². The van der Waals surface area contributed by atoms with Crippen LogP contribution in [0.25, 0.3) is 0 Å². The summed E-state index contributed by atoms with van der Waals surface area (Å²) in [5.74, 6) is -1.21. The van der Waals surface area contributed by atoms with E-state index < -0.39 is 17.6 Å². The molecule has 5 amide bonds. The molecular formula is C30H45N5O7. The third-order valence-electron chi connectivity index (χ3n) is 7.11.